The predicted octanol–water partition coefficient (Wildman–Crippen LogP) is 2.74. The molecule has 0 spiro atoms. The smallest absolute Gasteiger partial charge is 0.0638 e. The zero-order valence-electron chi connectivity index (χ0n) is 9.48. The lowest BCUT2D eigenvalue weighted by Gasteiger charge is -2.30. The molecule has 1 aromatic heterocycles. The Bertz CT molecular complexity index is 372. The van der Waals surface area contributed by atoms with Gasteiger partial charge in [0.25, 0.3) is 0 Å². The molecule has 0 aliphatic heterocycles. The molecule has 0 aliphatic carbocycles. The van der Waals surface area contributed by atoms with E-state index in [0.29, 0.717) is 13.0 Å². The van der Waals surface area contributed by atoms with Gasteiger partial charge < -0.3 is 5.73 Å². The van der Waals surface area contributed by atoms with Crippen molar-refractivity contribution >= 4 is 27.3 Å². The Morgan fingerprint density at radius 3 is 2.81 bits per heavy atom. The van der Waals surface area contributed by atoms with E-state index in [9.17, 15) is 0 Å². The molecule has 5 heteroatoms. The maximum atomic E-state index is 8.70. The quantitative estimate of drug-likeness (QED) is 0.910. The van der Waals surface area contributed by atoms with E-state index < -0.39 is 0 Å². The number of likely N-dealkylation sites (N-methyl/N-ethyl adjacent to an activating group) is 1. The summed E-state index contributed by atoms with van der Waals surface area (Å²) in [4.78, 5) is 3.41. The molecule has 2 unspecified atom stereocenters. The van der Waals surface area contributed by atoms with Gasteiger partial charge in [0.15, 0.2) is 0 Å². The molecule has 0 aliphatic rings. The molecule has 1 aromatic rings. The van der Waals surface area contributed by atoms with E-state index in [4.69, 9.17) is 11.0 Å². The number of hydrogen-bond donors (Lipinski definition) is 1. The molecule has 0 amide bonds. The van der Waals surface area contributed by atoms with E-state index in [1.807, 2.05) is 7.05 Å². The second-order valence-corrected chi connectivity index (χ2v) is 5.65. The molecule has 0 fully saturated rings. The summed E-state index contributed by atoms with van der Waals surface area (Å²) in [5.74, 6) is 0. The first-order chi connectivity index (χ1) is 7.60. The van der Waals surface area contributed by atoms with Crippen LogP contribution in [0.15, 0.2) is 15.9 Å². The van der Waals surface area contributed by atoms with Crippen LogP contribution in [0.1, 0.15) is 24.3 Å². The summed E-state index contributed by atoms with van der Waals surface area (Å²) in [5, 5.41) is 10.8. The molecule has 0 bridgehead atoms. The van der Waals surface area contributed by atoms with Gasteiger partial charge in [0.05, 0.1) is 18.5 Å². The van der Waals surface area contributed by atoms with Crippen LogP contribution in [0.3, 0.4) is 0 Å². The van der Waals surface area contributed by atoms with Crippen molar-refractivity contribution in [2.24, 2.45) is 5.73 Å². The fraction of sp³-hybridized carbons (Fsp3) is 0.545. The zero-order valence-corrected chi connectivity index (χ0v) is 11.9. The molecule has 3 nitrogen and oxygen atoms in total. The first-order valence-corrected chi connectivity index (χ1v) is 6.80. The topological polar surface area (TPSA) is 53.0 Å². The van der Waals surface area contributed by atoms with Crippen LogP contribution in [0.5, 0.6) is 0 Å². The Labute approximate surface area is 109 Å². The van der Waals surface area contributed by atoms with Gasteiger partial charge in [-0.3, -0.25) is 4.90 Å². The molecule has 16 heavy (non-hydrogen) atoms. The van der Waals surface area contributed by atoms with Crippen LogP contribution in [-0.2, 0) is 0 Å². The summed E-state index contributed by atoms with van der Waals surface area (Å²) in [7, 11) is 2.02. The van der Waals surface area contributed by atoms with Crippen LogP contribution in [0.2, 0.25) is 0 Å². The summed E-state index contributed by atoms with van der Waals surface area (Å²) in [6, 6.07) is 4.71. The third-order valence-electron chi connectivity index (χ3n) is 2.71. The van der Waals surface area contributed by atoms with E-state index in [-0.39, 0.29) is 12.1 Å². The fourth-order valence-electron chi connectivity index (χ4n) is 1.57. The van der Waals surface area contributed by atoms with Gasteiger partial charge in [0.2, 0.25) is 0 Å². The average Bonchev–Trinajstić information content (AvgIpc) is 2.66. The molecule has 0 saturated carbocycles. The van der Waals surface area contributed by atoms with Crippen LogP contribution < -0.4 is 5.73 Å². The Morgan fingerprint density at radius 1 is 1.69 bits per heavy atom. The van der Waals surface area contributed by atoms with Crippen LogP contribution in [0, 0.1) is 11.3 Å². The van der Waals surface area contributed by atoms with Crippen molar-refractivity contribution in [1.29, 1.82) is 5.26 Å². The maximum Gasteiger partial charge on any atom is 0.0638 e. The van der Waals surface area contributed by atoms with Crippen molar-refractivity contribution in [2.45, 2.75) is 25.4 Å². The molecular weight excluding hydrogens is 286 g/mol. The normalized spacial score (nSPS) is 14.8. The average molecular weight is 302 g/mol. The van der Waals surface area contributed by atoms with Gasteiger partial charge in [0.1, 0.15) is 0 Å². The third-order valence-corrected chi connectivity index (χ3v) is 4.51. The standard InChI is InChI=1S/C11H16BrN3S/c1-8(3-4-13)15(2)10(6-14)11-5-9(12)7-16-11/h5,7-8,10H,3,6,14H2,1-2H3. The predicted molar refractivity (Wildman–Crippen MR) is 71.3 cm³/mol. The Hall–Kier alpha value is -0.410. The van der Waals surface area contributed by atoms with Crippen molar-refractivity contribution in [2.75, 3.05) is 13.6 Å². The molecule has 0 radical (unpaired) electrons. The highest BCUT2D eigenvalue weighted by Crippen LogP contribution is 2.29. The van der Waals surface area contributed by atoms with Crippen LogP contribution in [0.4, 0.5) is 0 Å². The summed E-state index contributed by atoms with van der Waals surface area (Å²) in [6.07, 6.45) is 0.527. The van der Waals surface area contributed by atoms with Gasteiger partial charge in [0, 0.05) is 27.3 Å². The highest BCUT2D eigenvalue weighted by atomic mass is 79.9. The number of thiophene rings is 1. The van der Waals surface area contributed by atoms with Crippen LogP contribution in [0.25, 0.3) is 0 Å². The first kappa shape index (κ1) is 13.7. The number of rotatable bonds is 5. The minimum absolute atomic E-state index is 0.194. The fourth-order valence-corrected chi connectivity index (χ4v) is 3.18. The van der Waals surface area contributed by atoms with Gasteiger partial charge in [-0.25, -0.2) is 0 Å². The van der Waals surface area contributed by atoms with E-state index in [1.165, 1.54) is 4.88 Å². The lowest BCUT2D eigenvalue weighted by molar-refractivity contribution is 0.194. The van der Waals surface area contributed by atoms with E-state index in [0.717, 1.165) is 4.47 Å². The molecule has 2 N–H and O–H groups in total. The lowest BCUT2D eigenvalue weighted by atomic mass is 10.1. The summed E-state index contributed by atoms with van der Waals surface area (Å²) in [6.45, 7) is 2.62. The second kappa shape index (κ2) is 6.36. The first-order valence-electron chi connectivity index (χ1n) is 5.13. The molecule has 2 atom stereocenters. The molecule has 1 heterocycles. The van der Waals surface area contributed by atoms with Crippen LogP contribution in [-0.4, -0.2) is 24.5 Å². The summed E-state index contributed by atoms with van der Waals surface area (Å²) in [5.41, 5.74) is 5.82. The highest BCUT2D eigenvalue weighted by Gasteiger charge is 2.21. The molecule has 1 rings (SSSR count). The molecular formula is C11H16BrN3S. The van der Waals surface area contributed by atoms with Gasteiger partial charge in [-0.15, -0.1) is 11.3 Å². The molecule has 0 aromatic carbocycles. The Balaban J connectivity index is 2.78. The summed E-state index contributed by atoms with van der Waals surface area (Å²) < 4.78 is 1.09. The monoisotopic (exact) mass is 301 g/mol. The Kier molecular flexibility index (Phi) is 5.42. The minimum Gasteiger partial charge on any atom is -0.329 e. The van der Waals surface area contributed by atoms with Gasteiger partial charge >= 0.3 is 0 Å². The number of halogens is 1. The zero-order chi connectivity index (χ0) is 12.1. The van der Waals surface area contributed by atoms with Crippen molar-refractivity contribution < 1.29 is 0 Å². The van der Waals surface area contributed by atoms with Crippen molar-refractivity contribution in [3.05, 3.63) is 20.8 Å². The number of nitrogens with two attached hydrogens (primary N) is 1. The van der Waals surface area contributed by atoms with E-state index in [1.54, 1.807) is 11.3 Å². The lowest BCUT2D eigenvalue weighted by Crippen LogP contribution is -2.36. The number of nitrogens with zero attached hydrogens (tertiary/aromatic N) is 2. The van der Waals surface area contributed by atoms with Gasteiger partial charge in [-0.1, -0.05) is 0 Å². The van der Waals surface area contributed by atoms with E-state index in [2.05, 4.69) is 45.3 Å². The number of hydrogen-bond acceptors (Lipinski definition) is 4. The third kappa shape index (κ3) is 3.29. The summed E-state index contributed by atoms with van der Waals surface area (Å²) >= 11 is 5.14. The minimum atomic E-state index is 0.194. The van der Waals surface area contributed by atoms with Crippen molar-refractivity contribution in [1.82, 2.24) is 4.90 Å². The van der Waals surface area contributed by atoms with Gasteiger partial charge in [-0.05, 0) is 36.0 Å². The SMILES string of the molecule is CC(CC#N)N(C)C(CN)c1cc(Br)cs1. The molecule has 88 valence electrons. The highest BCUT2D eigenvalue weighted by molar-refractivity contribution is 9.10. The van der Waals surface area contributed by atoms with Crippen molar-refractivity contribution in [3.8, 4) is 6.07 Å². The van der Waals surface area contributed by atoms with Crippen molar-refractivity contribution in [3.63, 3.8) is 0 Å². The number of nitriles is 1. The molecule has 0 saturated heterocycles. The van der Waals surface area contributed by atoms with E-state index >= 15 is 0 Å². The van der Waals surface area contributed by atoms with Gasteiger partial charge in [-0.2, -0.15) is 5.26 Å². The second-order valence-electron chi connectivity index (χ2n) is 3.80. The van der Waals surface area contributed by atoms with Crippen LogP contribution >= 0.6 is 27.3 Å². The Morgan fingerprint density at radius 2 is 2.38 bits per heavy atom. The largest absolute Gasteiger partial charge is 0.329 e. The maximum absolute atomic E-state index is 8.70.